The average Bonchev–Trinajstić information content (AvgIpc) is 2.20. The zero-order valence-corrected chi connectivity index (χ0v) is 9.18. The third kappa shape index (κ3) is 4.43. The number of nitrogens with zero attached hydrogens (tertiary/aromatic N) is 1. The molecular weight excluding hydrogens is 216 g/mol. The van der Waals surface area contributed by atoms with Crippen molar-refractivity contribution >= 4 is 5.91 Å². The second-order valence-electron chi connectivity index (χ2n) is 3.80. The van der Waals surface area contributed by atoms with Crippen molar-refractivity contribution in [3.05, 3.63) is 10.1 Å². The first-order valence-electron chi connectivity index (χ1n) is 5.21. The van der Waals surface area contributed by atoms with E-state index in [9.17, 15) is 14.9 Å². The first kappa shape index (κ1) is 12.7. The normalized spacial score (nSPS) is 24.8. The molecule has 16 heavy (non-hydrogen) atoms. The number of nitrogens with one attached hydrogen (secondary N) is 1. The van der Waals surface area contributed by atoms with Crippen LogP contribution in [-0.4, -0.2) is 36.9 Å². The van der Waals surface area contributed by atoms with Gasteiger partial charge in [0.05, 0.1) is 0 Å². The maximum Gasteiger partial charge on any atom is 0.294 e. The lowest BCUT2D eigenvalue weighted by atomic mass is 9.93. The number of hydrogen-bond acceptors (Lipinski definition) is 5. The highest BCUT2D eigenvalue weighted by Crippen LogP contribution is 2.21. The van der Waals surface area contributed by atoms with Crippen LogP contribution in [0.5, 0.6) is 0 Å². The molecule has 0 aliphatic heterocycles. The van der Waals surface area contributed by atoms with Gasteiger partial charge in [0.2, 0.25) is 5.91 Å². The van der Waals surface area contributed by atoms with Crippen LogP contribution in [0.15, 0.2) is 0 Å². The molecule has 1 aliphatic rings. The van der Waals surface area contributed by atoms with Crippen LogP contribution >= 0.6 is 0 Å². The van der Waals surface area contributed by atoms with Crippen LogP contribution in [0, 0.1) is 10.1 Å². The molecular formula is C9H16N2O5. The molecule has 7 heteroatoms. The second kappa shape index (κ2) is 6.26. The smallest absolute Gasteiger partial charge is 0.294 e. The Hall–Kier alpha value is -1.37. The van der Waals surface area contributed by atoms with E-state index in [0.29, 0.717) is 25.7 Å². The van der Waals surface area contributed by atoms with Gasteiger partial charge in [-0.2, -0.15) is 0 Å². The predicted molar refractivity (Wildman–Crippen MR) is 54.1 cm³/mol. The van der Waals surface area contributed by atoms with E-state index < -0.39 is 5.09 Å². The van der Waals surface area contributed by atoms with Gasteiger partial charge in [0, 0.05) is 13.2 Å². The minimum absolute atomic E-state index is 0.0470. The third-order valence-electron chi connectivity index (χ3n) is 2.55. The molecule has 0 unspecified atom stereocenters. The summed E-state index contributed by atoms with van der Waals surface area (Å²) in [6.45, 7) is 0.0470. The van der Waals surface area contributed by atoms with E-state index in [1.54, 1.807) is 0 Å². The van der Waals surface area contributed by atoms with Crippen molar-refractivity contribution in [1.29, 1.82) is 0 Å². The van der Waals surface area contributed by atoms with Crippen molar-refractivity contribution < 1.29 is 19.5 Å². The molecule has 1 N–H and O–H groups in total. The third-order valence-corrected chi connectivity index (χ3v) is 2.55. The Kier molecular flexibility index (Phi) is 4.97. The van der Waals surface area contributed by atoms with Crippen LogP contribution in [-0.2, 0) is 14.4 Å². The fourth-order valence-electron chi connectivity index (χ4n) is 1.83. The Morgan fingerprint density at radius 3 is 2.56 bits per heavy atom. The Morgan fingerprint density at radius 2 is 2.06 bits per heavy atom. The fourth-order valence-corrected chi connectivity index (χ4v) is 1.83. The van der Waals surface area contributed by atoms with Crippen molar-refractivity contribution in [1.82, 2.24) is 5.32 Å². The lowest BCUT2D eigenvalue weighted by Crippen LogP contribution is -2.40. The Morgan fingerprint density at radius 1 is 1.44 bits per heavy atom. The van der Waals surface area contributed by atoms with Gasteiger partial charge >= 0.3 is 0 Å². The Balaban J connectivity index is 2.21. The summed E-state index contributed by atoms with van der Waals surface area (Å²) in [5.74, 6) is -0.152. The number of rotatable bonds is 5. The van der Waals surface area contributed by atoms with Crippen molar-refractivity contribution in [2.24, 2.45) is 0 Å². The first-order chi connectivity index (χ1) is 7.61. The Labute approximate surface area is 93.2 Å². The maximum absolute atomic E-state index is 11.2. The van der Waals surface area contributed by atoms with E-state index >= 15 is 0 Å². The van der Waals surface area contributed by atoms with Crippen LogP contribution in [0.25, 0.3) is 0 Å². The molecule has 7 nitrogen and oxygen atoms in total. The highest BCUT2D eigenvalue weighted by molar-refractivity contribution is 5.77. The topological polar surface area (TPSA) is 90.7 Å². The van der Waals surface area contributed by atoms with E-state index in [1.807, 2.05) is 0 Å². The van der Waals surface area contributed by atoms with Crippen LogP contribution in [0.1, 0.15) is 25.7 Å². The summed E-state index contributed by atoms with van der Waals surface area (Å²) in [5, 5.41) is 12.2. The van der Waals surface area contributed by atoms with Crippen LogP contribution in [0.3, 0.4) is 0 Å². The molecule has 0 bridgehead atoms. The van der Waals surface area contributed by atoms with Gasteiger partial charge in [0.15, 0.2) is 0 Å². The molecule has 1 aliphatic carbocycles. The summed E-state index contributed by atoms with van der Waals surface area (Å²) in [5.41, 5.74) is 0. The SMILES string of the molecule is COCC(=O)NC1CCC(O[N+](=O)[O-])CC1. The number of methoxy groups -OCH3 is 1. The van der Waals surface area contributed by atoms with Gasteiger partial charge in [0.1, 0.15) is 12.7 Å². The molecule has 0 aromatic rings. The molecule has 92 valence electrons. The van der Waals surface area contributed by atoms with Crippen molar-refractivity contribution in [2.45, 2.75) is 37.8 Å². The first-order valence-corrected chi connectivity index (χ1v) is 5.21. The van der Waals surface area contributed by atoms with Gasteiger partial charge < -0.3 is 14.9 Å². The highest BCUT2D eigenvalue weighted by Gasteiger charge is 2.24. The maximum atomic E-state index is 11.2. The van der Waals surface area contributed by atoms with Crippen molar-refractivity contribution in [3.63, 3.8) is 0 Å². The minimum atomic E-state index is -0.755. The molecule has 0 saturated heterocycles. The largest absolute Gasteiger partial charge is 0.375 e. The summed E-state index contributed by atoms with van der Waals surface area (Å²) >= 11 is 0. The van der Waals surface area contributed by atoms with E-state index in [0.717, 1.165) is 0 Å². The van der Waals surface area contributed by atoms with Gasteiger partial charge in [-0.15, -0.1) is 10.1 Å². The van der Waals surface area contributed by atoms with Gasteiger partial charge in [-0.3, -0.25) is 4.79 Å². The molecule has 0 atom stereocenters. The minimum Gasteiger partial charge on any atom is -0.375 e. The summed E-state index contributed by atoms with van der Waals surface area (Å²) in [6.07, 6.45) is 2.27. The zero-order chi connectivity index (χ0) is 12.0. The van der Waals surface area contributed by atoms with Gasteiger partial charge in [-0.25, -0.2) is 0 Å². The summed E-state index contributed by atoms with van der Waals surface area (Å²) in [6, 6.07) is 0.0780. The van der Waals surface area contributed by atoms with Crippen LogP contribution in [0.2, 0.25) is 0 Å². The van der Waals surface area contributed by atoms with E-state index in [1.165, 1.54) is 7.11 Å². The quantitative estimate of drug-likeness (QED) is 0.542. The molecule has 0 radical (unpaired) electrons. The van der Waals surface area contributed by atoms with Crippen LogP contribution < -0.4 is 5.32 Å². The summed E-state index contributed by atoms with van der Waals surface area (Å²) in [7, 11) is 1.46. The number of carbonyl (C=O) groups is 1. The molecule has 0 spiro atoms. The lowest BCUT2D eigenvalue weighted by Gasteiger charge is -2.27. The summed E-state index contributed by atoms with van der Waals surface area (Å²) in [4.78, 5) is 25.8. The molecule has 1 saturated carbocycles. The lowest BCUT2D eigenvalue weighted by molar-refractivity contribution is -0.769. The molecule has 1 amide bonds. The molecule has 1 fully saturated rings. The van der Waals surface area contributed by atoms with Gasteiger partial charge in [-0.1, -0.05) is 0 Å². The van der Waals surface area contributed by atoms with E-state index in [-0.39, 0.29) is 24.7 Å². The van der Waals surface area contributed by atoms with E-state index in [4.69, 9.17) is 4.74 Å². The van der Waals surface area contributed by atoms with Crippen LogP contribution in [0.4, 0.5) is 0 Å². The number of carbonyl (C=O) groups excluding carboxylic acids is 1. The Bertz CT molecular complexity index is 250. The molecule has 0 aromatic carbocycles. The van der Waals surface area contributed by atoms with Crippen molar-refractivity contribution in [2.75, 3.05) is 13.7 Å². The van der Waals surface area contributed by atoms with Gasteiger partial charge in [0.25, 0.3) is 5.09 Å². The fraction of sp³-hybridized carbons (Fsp3) is 0.889. The number of amides is 1. The second-order valence-corrected chi connectivity index (χ2v) is 3.80. The number of ether oxygens (including phenoxy) is 1. The molecule has 1 rings (SSSR count). The number of hydrogen-bond donors (Lipinski definition) is 1. The summed E-state index contributed by atoms with van der Waals surface area (Å²) < 4.78 is 4.69. The zero-order valence-electron chi connectivity index (χ0n) is 9.18. The molecule has 0 aromatic heterocycles. The standard InChI is InChI=1S/C9H16N2O5/c1-15-6-9(12)10-7-2-4-8(5-3-7)16-11(13)14/h7-8H,2-6H2,1H3,(H,10,12). The average molecular weight is 232 g/mol. The highest BCUT2D eigenvalue weighted by atomic mass is 17.0. The molecule has 0 heterocycles. The van der Waals surface area contributed by atoms with E-state index in [2.05, 4.69) is 10.2 Å². The predicted octanol–water partition coefficient (Wildman–Crippen LogP) is 0.268. The van der Waals surface area contributed by atoms with Gasteiger partial charge in [-0.05, 0) is 25.7 Å². The van der Waals surface area contributed by atoms with Crippen molar-refractivity contribution in [3.8, 4) is 0 Å². The monoisotopic (exact) mass is 232 g/mol.